The summed E-state index contributed by atoms with van der Waals surface area (Å²) >= 11 is 0. The minimum Gasteiger partial charge on any atom is -0.381 e. The summed E-state index contributed by atoms with van der Waals surface area (Å²) in [6.07, 6.45) is 3.03. The quantitative estimate of drug-likeness (QED) is 0.695. The molecule has 1 fully saturated rings. The highest BCUT2D eigenvalue weighted by Crippen LogP contribution is 2.31. The van der Waals surface area contributed by atoms with Crippen LogP contribution >= 0.6 is 0 Å². The molecule has 0 amide bonds. The van der Waals surface area contributed by atoms with E-state index in [1.165, 1.54) is 0 Å². The number of nitrogens with one attached hydrogen (secondary N) is 1. The van der Waals surface area contributed by atoms with E-state index < -0.39 is 0 Å². The second kappa shape index (κ2) is 7.14. The molecule has 0 bridgehead atoms. The summed E-state index contributed by atoms with van der Waals surface area (Å²) in [5, 5.41) is 3.58. The third kappa shape index (κ3) is 3.80. The van der Waals surface area contributed by atoms with Crippen LogP contribution in [0.4, 0.5) is 0 Å². The summed E-state index contributed by atoms with van der Waals surface area (Å²) in [6, 6.07) is 0.242. The van der Waals surface area contributed by atoms with E-state index in [4.69, 9.17) is 9.47 Å². The summed E-state index contributed by atoms with van der Waals surface area (Å²) in [7, 11) is 0. The van der Waals surface area contributed by atoms with Crippen LogP contribution in [-0.4, -0.2) is 38.0 Å². The fourth-order valence-electron chi connectivity index (χ4n) is 2.62. The highest BCUT2D eigenvalue weighted by atomic mass is 16.5. The molecule has 3 nitrogen and oxygen atoms in total. The van der Waals surface area contributed by atoms with E-state index in [1.54, 1.807) is 0 Å². The first-order valence-electron chi connectivity index (χ1n) is 6.76. The second-order valence-electron chi connectivity index (χ2n) is 4.84. The summed E-state index contributed by atoms with van der Waals surface area (Å²) in [5.74, 6) is 0. The van der Waals surface area contributed by atoms with Gasteiger partial charge in [-0.3, -0.25) is 0 Å². The van der Waals surface area contributed by atoms with Crippen LogP contribution in [0.15, 0.2) is 12.2 Å². The van der Waals surface area contributed by atoms with Gasteiger partial charge in [-0.15, -0.1) is 0 Å². The Hall–Kier alpha value is -0.380. The Morgan fingerprint density at radius 2 is 2.06 bits per heavy atom. The lowest BCUT2D eigenvalue weighted by Gasteiger charge is -2.44. The van der Waals surface area contributed by atoms with Crippen molar-refractivity contribution >= 4 is 0 Å². The van der Waals surface area contributed by atoms with E-state index in [9.17, 15) is 0 Å². The molecule has 1 aliphatic heterocycles. The lowest BCUT2D eigenvalue weighted by atomic mass is 9.82. The van der Waals surface area contributed by atoms with Crippen molar-refractivity contribution in [1.82, 2.24) is 5.32 Å². The van der Waals surface area contributed by atoms with Crippen LogP contribution in [0.5, 0.6) is 0 Å². The summed E-state index contributed by atoms with van der Waals surface area (Å²) in [5.41, 5.74) is 1.04. The van der Waals surface area contributed by atoms with Gasteiger partial charge in [0.15, 0.2) is 0 Å². The van der Waals surface area contributed by atoms with Crippen LogP contribution in [0.1, 0.15) is 40.0 Å². The van der Waals surface area contributed by atoms with Crippen molar-refractivity contribution in [3.63, 3.8) is 0 Å². The number of hydrogen-bond acceptors (Lipinski definition) is 3. The molecule has 1 heterocycles. The molecule has 0 aromatic heterocycles. The smallest absolute Gasteiger partial charge is 0.0916 e. The number of ether oxygens (including phenoxy) is 2. The third-order valence-corrected chi connectivity index (χ3v) is 3.39. The van der Waals surface area contributed by atoms with Crippen molar-refractivity contribution in [2.45, 2.75) is 51.7 Å². The standard InChI is InChI=1S/C14H27NO2/c1-5-9-15-13(12(3)4)14(17-6-2)7-10-16-11-8-14/h13,15H,3,5-11H2,1-2,4H3. The van der Waals surface area contributed by atoms with E-state index in [1.807, 2.05) is 0 Å². The largest absolute Gasteiger partial charge is 0.381 e. The van der Waals surface area contributed by atoms with Crippen LogP contribution in [0, 0.1) is 0 Å². The van der Waals surface area contributed by atoms with Gasteiger partial charge in [0, 0.05) is 32.7 Å². The van der Waals surface area contributed by atoms with Gasteiger partial charge in [0.2, 0.25) is 0 Å². The highest BCUT2D eigenvalue weighted by Gasteiger charge is 2.41. The van der Waals surface area contributed by atoms with E-state index >= 15 is 0 Å². The fraction of sp³-hybridized carbons (Fsp3) is 0.857. The van der Waals surface area contributed by atoms with Crippen molar-refractivity contribution in [2.24, 2.45) is 0 Å². The van der Waals surface area contributed by atoms with Gasteiger partial charge in [-0.25, -0.2) is 0 Å². The van der Waals surface area contributed by atoms with E-state index in [2.05, 4.69) is 32.7 Å². The Kier molecular flexibility index (Phi) is 6.17. The van der Waals surface area contributed by atoms with Crippen LogP contribution in [0.2, 0.25) is 0 Å². The van der Waals surface area contributed by atoms with Crippen molar-refractivity contribution in [3.05, 3.63) is 12.2 Å². The first-order chi connectivity index (χ1) is 8.16. The lowest BCUT2D eigenvalue weighted by molar-refractivity contribution is -0.120. The molecular weight excluding hydrogens is 214 g/mol. The highest BCUT2D eigenvalue weighted by molar-refractivity contribution is 5.12. The minimum atomic E-state index is -0.117. The van der Waals surface area contributed by atoms with Crippen molar-refractivity contribution in [3.8, 4) is 0 Å². The van der Waals surface area contributed by atoms with Gasteiger partial charge in [0.25, 0.3) is 0 Å². The summed E-state index contributed by atoms with van der Waals surface area (Å²) in [4.78, 5) is 0. The Labute approximate surface area is 106 Å². The molecule has 0 saturated carbocycles. The molecule has 1 unspecified atom stereocenters. The van der Waals surface area contributed by atoms with Crippen LogP contribution in [0.25, 0.3) is 0 Å². The summed E-state index contributed by atoms with van der Waals surface area (Å²) in [6.45, 7) is 13.8. The zero-order chi connectivity index (χ0) is 12.7. The molecule has 1 saturated heterocycles. The third-order valence-electron chi connectivity index (χ3n) is 3.39. The molecule has 0 radical (unpaired) electrons. The minimum absolute atomic E-state index is 0.117. The van der Waals surface area contributed by atoms with Gasteiger partial charge in [-0.05, 0) is 26.8 Å². The Bertz CT molecular complexity index is 229. The molecule has 3 heteroatoms. The molecule has 1 N–H and O–H groups in total. The van der Waals surface area contributed by atoms with Gasteiger partial charge >= 0.3 is 0 Å². The van der Waals surface area contributed by atoms with Crippen molar-refractivity contribution in [2.75, 3.05) is 26.4 Å². The number of hydrogen-bond donors (Lipinski definition) is 1. The Balaban J connectivity index is 2.78. The lowest BCUT2D eigenvalue weighted by Crippen LogP contribution is -2.56. The molecule has 0 aromatic carbocycles. The molecule has 0 spiro atoms. The maximum atomic E-state index is 6.09. The second-order valence-corrected chi connectivity index (χ2v) is 4.84. The molecule has 1 aliphatic rings. The first-order valence-corrected chi connectivity index (χ1v) is 6.76. The van der Waals surface area contributed by atoms with E-state index in [-0.39, 0.29) is 11.6 Å². The molecule has 0 aliphatic carbocycles. The van der Waals surface area contributed by atoms with Crippen molar-refractivity contribution in [1.29, 1.82) is 0 Å². The average molecular weight is 241 g/mol. The molecule has 0 aromatic rings. The molecule has 1 atom stereocenters. The zero-order valence-electron chi connectivity index (χ0n) is 11.6. The first kappa shape index (κ1) is 14.7. The maximum absolute atomic E-state index is 6.09. The Morgan fingerprint density at radius 3 is 2.53 bits per heavy atom. The summed E-state index contributed by atoms with van der Waals surface area (Å²) < 4.78 is 11.6. The van der Waals surface area contributed by atoms with E-state index in [0.29, 0.717) is 0 Å². The van der Waals surface area contributed by atoms with Gasteiger partial charge < -0.3 is 14.8 Å². The number of rotatable bonds is 7. The SMILES string of the molecule is C=C(C)C(NCCC)C1(OCC)CCOCC1. The maximum Gasteiger partial charge on any atom is 0.0916 e. The van der Waals surface area contributed by atoms with Crippen LogP contribution in [-0.2, 0) is 9.47 Å². The topological polar surface area (TPSA) is 30.5 Å². The van der Waals surface area contributed by atoms with E-state index in [0.717, 1.165) is 51.2 Å². The van der Waals surface area contributed by atoms with Gasteiger partial charge in [-0.1, -0.05) is 19.1 Å². The molecule has 100 valence electrons. The molecule has 17 heavy (non-hydrogen) atoms. The average Bonchev–Trinajstić information content (AvgIpc) is 2.30. The predicted octanol–water partition coefficient (Wildman–Crippen LogP) is 2.52. The Morgan fingerprint density at radius 1 is 1.41 bits per heavy atom. The zero-order valence-corrected chi connectivity index (χ0v) is 11.6. The van der Waals surface area contributed by atoms with Crippen LogP contribution in [0.3, 0.4) is 0 Å². The predicted molar refractivity (Wildman–Crippen MR) is 71.3 cm³/mol. The molecule has 1 rings (SSSR count). The fourth-order valence-corrected chi connectivity index (χ4v) is 2.62. The molecular formula is C14H27NO2. The van der Waals surface area contributed by atoms with Crippen molar-refractivity contribution < 1.29 is 9.47 Å². The van der Waals surface area contributed by atoms with Gasteiger partial charge in [-0.2, -0.15) is 0 Å². The monoisotopic (exact) mass is 241 g/mol. The normalized spacial score (nSPS) is 21.1. The van der Waals surface area contributed by atoms with Crippen LogP contribution < -0.4 is 5.32 Å². The van der Waals surface area contributed by atoms with Gasteiger partial charge in [0.05, 0.1) is 11.6 Å². The van der Waals surface area contributed by atoms with Gasteiger partial charge in [0.1, 0.15) is 0 Å².